The summed E-state index contributed by atoms with van der Waals surface area (Å²) in [7, 11) is -3.76. The van der Waals surface area contributed by atoms with Gasteiger partial charge in [-0.25, -0.2) is 27.2 Å². The molecule has 0 bridgehead atoms. The molecule has 1 saturated heterocycles. The van der Waals surface area contributed by atoms with E-state index in [1.54, 1.807) is 12.4 Å². The average Bonchev–Trinajstić information content (AvgIpc) is 3.67. The van der Waals surface area contributed by atoms with Crippen molar-refractivity contribution in [3.8, 4) is 17.1 Å². The quantitative estimate of drug-likeness (QED) is 0.325. The van der Waals surface area contributed by atoms with E-state index in [1.165, 1.54) is 0 Å². The average molecular weight is 563 g/mol. The van der Waals surface area contributed by atoms with Crippen LogP contribution in [0.1, 0.15) is 64.2 Å². The first kappa shape index (κ1) is 27.2. The SMILES string of the molecule is CC(C)c1nc(-c2cnc(N3CCC(CCCOc4cc(F)c(NS(=O)(=O)C5CC5)c(F)c4)CC3)nc2)no1. The summed E-state index contributed by atoms with van der Waals surface area (Å²) >= 11 is 0. The van der Waals surface area contributed by atoms with Crippen LogP contribution in [0.5, 0.6) is 5.75 Å². The molecule has 2 fully saturated rings. The molecule has 10 nitrogen and oxygen atoms in total. The molecule has 210 valence electrons. The van der Waals surface area contributed by atoms with Gasteiger partial charge < -0.3 is 14.2 Å². The number of hydrogen-bond acceptors (Lipinski definition) is 9. The Morgan fingerprint density at radius 2 is 1.77 bits per heavy atom. The highest BCUT2D eigenvalue weighted by Gasteiger charge is 2.36. The molecule has 39 heavy (non-hydrogen) atoms. The van der Waals surface area contributed by atoms with Crippen LogP contribution in [0.2, 0.25) is 0 Å². The fourth-order valence-electron chi connectivity index (χ4n) is 4.51. The Bertz CT molecular complexity index is 1360. The van der Waals surface area contributed by atoms with Gasteiger partial charge in [-0.3, -0.25) is 4.72 Å². The standard InChI is InChI=1S/C26H32F2N6O4S/c1-16(2)25-31-24(32-38-25)18-14-29-26(30-15-18)34-9-7-17(8-10-34)4-3-11-37-19-12-21(27)23(22(28)13-19)33-39(35,36)20-5-6-20/h12-17,20,33H,3-11H2,1-2H3. The number of anilines is 2. The van der Waals surface area contributed by atoms with E-state index in [9.17, 15) is 17.2 Å². The predicted octanol–water partition coefficient (Wildman–Crippen LogP) is 4.91. The minimum atomic E-state index is -3.76. The topological polar surface area (TPSA) is 123 Å². The van der Waals surface area contributed by atoms with E-state index >= 15 is 0 Å². The maximum atomic E-state index is 14.4. The summed E-state index contributed by atoms with van der Waals surface area (Å²) in [4.78, 5) is 15.5. The van der Waals surface area contributed by atoms with E-state index in [-0.39, 0.29) is 11.7 Å². The van der Waals surface area contributed by atoms with E-state index in [0.29, 0.717) is 48.6 Å². The summed E-state index contributed by atoms with van der Waals surface area (Å²) < 4.78 is 65.6. The van der Waals surface area contributed by atoms with Crippen molar-refractivity contribution in [3.63, 3.8) is 0 Å². The fraction of sp³-hybridized carbons (Fsp3) is 0.538. The highest BCUT2D eigenvalue weighted by Crippen LogP contribution is 2.33. The second kappa shape index (κ2) is 11.4. The maximum absolute atomic E-state index is 14.4. The Morgan fingerprint density at radius 1 is 1.10 bits per heavy atom. The van der Waals surface area contributed by atoms with Gasteiger partial charge in [0.15, 0.2) is 11.6 Å². The van der Waals surface area contributed by atoms with Crippen molar-refractivity contribution in [1.82, 2.24) is 20.1 Å². The lowest BCUT2D eigenvalue weighted by molar-refractivity contribution is 0.277. The number of benzene rings is 1. The molecule has 0 unspecified atom stereocenters. The van der Waals surface area contributed by atoms with Gasteiger partial charge in [0.25, 0.3) is 0 Å². The Kier molecular flexibility index (Phi) is 7.96. The molecule has 0 atom stereocenters. The van der Waals surface area contributed by atoms with Crippen LogP contribution in [0.15, 0.2) is 29.0 Å². The number of sulfonamides is 1. The molecule has 1 aromatic carbocycles. The fourth-order valence-corrected chi connectivity index (χ4v) is 5.91. The van der Waals surface area contributed by atoms with E-state index < -0.39 is 32.6 Å². The molecule has 3 heterocycles. The number of hydrogen-bond donors (Lipinski definition) is 1. The molecule has 0 spiro atoms. The third kappa shape index (κ3) is 6.63. The molecule has 2 aromatic heterocycles. The highest BCUT2D eigenvalue weighted by atomic mass is 32.2. The van der Waals surface area contributed by atoms with Crippen LogP contribution < -0.4 is 14.4 Å². The van der Waals surface area contributed by atoms with Gasteiger partial charge >= 0.3 is 0 Å². The third-order valence-electron chi connectivity index (χ3n) is 6.98. The Balaban J connectivity index is 1.05. The summed E-state index contributed by atoms with van der Waals surface area (Å²) in [5.41, 5.74) is 0.0490. The molecule has 2 aliphatic rings. The number of aromatic nitrogens is 4. The minimum Gasteiger partial charge on any atom is -0.493 e. The Labute approximate surface area is 226 Å². The van der Waals surface area contributed by atoms with Gasteiger partial charge in [-0.2, -0.15) is 4.98 Å². The molecule has 3 aromatic rings. The molecule has 0 radical (unpaired) electrons. The molecule has 13 heteroatoms. The number of piperidine rings is 1. The molecule has 1 N–H and O–H groups in total. The smallest absolute Gasteiger partial charge is 0.235 e. The zero-order valence-electron chi connectivity index (χ0n) is 21.9. The van der Waals surface area contributed by atoms with Crippen molar-refractivity contribution < 1.29 is 26.5 Å². The lowest BCUT2D eigenvalue weighted by Crippen LogP contribution is -2.34. The van der Waals surface area contributed by atoms with Crippen LogP contribution in [0.4, 0.5) is 20.4 Å². The summed E-state index contributed by atoms with van der Waals surface area (Å²) in [5, 5.41) is 3.42. The number of halogens is 2. The molecule has 1 aliphatic heterocycles. The van der Waals surface area contributed by atoms with Gasteiger partial charge in [0.1, 0.15) is 11.4 Å². The van der Waals surface area contributed by atoms with Gasteiger partial charge in [-0.05, 0) is 44.4 Å². The Morgan fingerprint density at radius 3 is 2.36 bits per heavy atom. The zero-order chi connectivity index (χ0) is 27.6. The largest absolute Gasteiger partial charge is 0.493 e. The normalized spacial score (nSPS) is 16.6. The molecule has 5 rings (SSSR count). The first-order valence-electron chi connectivity index (χ1n) is 13.2. The number of nitrogens with one attached hydrogen (secondary N) is 1. The van der Waals surface area contributed by atoms with Crippen molar-refractivity contribution in [3.05, 3.63) is 42.1 Å². The Hall–Kier alpha value is -3.35. The second-order valence-corrected chi connectivity index (χ2v) is 12.4. The number of nitrogens with zero attached hydrogens (tertiary/aromatic N) is 5. The first-order valence-corrected chi connectivity index (χ1v) is 14.8. The molecule has 0 amide bonds. The van der Waals surface area contributed by atoms with Gasteiger partial charge in [-0.15, -0.1) is 0 Å². The highest BCUT2D eigenvalue weighted by molar-refractivity contribution is 7.93. The van der Waals surface area contributed by atoms with Gasteiger partial charge in [0.05, 0.1) is 17.4 Å². The van der Waals surface area contributed by atoms with E-state index in [1.807, 2.05) is 18.6 Å². The van der Waals surface area contributed by atoms with Crippen LogP contribution in [-0.2, 0) is 10.0 Å². The van der Waals surface area contributed by atoms with E-state index in [4.69, 9.17) is 9.26 Å². The number of ether oxygens (including phenoxy) is 1. The van der Waals surface area contributed by atoms with Crippen LogP contribution in [0.25, 0.3) is 11.4 Å². The van der Waals surface area contributed by atoms with Crippen LogP contribution in [0, 0.1) is 17.6 Å². The lowest BCUT2D eigenvalue weighted by atomic mass is 9.92. The molecular weight excluding hydrogens is 530 g/mol. The summed E-state index contributed by atoms with van der Waals surface area (Å²) in [5.74, 6) is 0.433. The summed E-state index contributed by atoms with van der Waals surface area (Å²) in [6.45, 7) is 5.95. The molecule has 1 saturated carbocycles. The maximum Gasteiger partial charge on any atom is 0.235 e. The van der Waals surface area contributed by atoms with Gasteiger partial charge in [0, 0.05) is 43.5 Å². The van der Waals surface area contributed by atoms with Crippen LogP contribution in [0.3, 0.4) is 0 Å². The summed E-state index contributed by atoms with van der Waals surface area (Å²) in [6, 6.07) is 2.03. The van der Waals surface area contributed by atoms with Crippen molar-refractivity contribution in [2.45, 2.75) is 63.5 Å². The molecular formula is C26H32F2N6O4S. The zero-order valence-corrected chi connectivity index (χ0v) is 22.8. The lowest BCUT2D eigenvalue weighted by Gasteiger charge is -2.32. The minimum absolute atomic E-state index is 0.0380. The van der Waals surface area contributed by atoms with Gasteiger partial charge in [0.2, 0.25) is 27.7 Å². The first-order chi connectivity index (χ1) is 18.7. The van der Waals surface area contributed by atoms with Crippen molar-refractivity contribution in [2.24, 2.45) is 5.92 Å². The van der Waals surface area contributed by atoms with Crippen molar-refractivity contribution in [2.75, 3.05) is 29.3 Å². The van der Waals surface area contributed by atoms with Crippen molar-refractivity contribution in [1.29, 1.82) is 0 Å². The van der Waals surface area contributed by atoms with Crippen LogP contribution in [-0.4, -0.2) is 53.5 Å². The monoisotopic (exact) mass is 562 g/mol. The summed E-state index contributed by atoms with van der Waals surface area (Å²) in [6.07, 6.45) is 8.04. The second-order valence-electron chi connectivity index (χ2n) is 10.4. The van der Waals surface area contributed by atoms with Crippen LogP contribution >= 0.6 is 0 Å². The van der Waals surface area contributed by atoms with E-state index in [2.05, 4.69) is 25.0 Å². The number of rotatable bonds is 11. The van der Waals surface area contributed by atoms with E-state index in [0.717, 1.165) is 50.9 Å². The van der Waals surface area contributed by atoms with Gasteiger partial charge in [-0.1, -0.05) is 19.0 Å². The third-order valence-corrected chi connectivity index (χ3v) is 8.82. The van der Waals surface area contributed by atoms with Crippen molar-refractivity contribution >= 4 is 21.7 Å². The molecule has 1 aliphatic carbocycles. The predicted molar refractivity (Wildman–Crippen MR) is 141 cm³/mol.